The summed E-state index contributed by atoms with van der Waals surface area (Å²) in [4.78, 5) is 4.61. The molecule has 126 valence electrons. The van der Waals surface area contributed by atoms with Gasteiger partial charge in [-0.05, 0) is 37.1 Å². The zero-order chi connectivity index (χ0) is 16.5. The topological polar surface area (TPSA) is 60.2 Å². The van der Waals surface area contributed by atoms with Crippen LogP contribution in [0, 0.1) is 18.3 Å². The van der Waals surface area contributed by atoms with Gasteiger partial charge in [0.1, 0.15) is 0 Å². The van der Waals surface area contributed by atoms with Gasteiger partial charge >= 0.3 is 0 Å². The first kappa shape index (κ1) is 20.0. The number of nitrogens with zero attached hydrogens (tertiary/aromatic N) is 2. The van der Waals surface area contributed by atoms with E-state index in [2.05, 4.69) is 46.8 Å². The normalized spacial score (nSPS) is 10.5. The fourth-order valence-corrected chi connectivity index (χ4v) is 2.26. The molecule has 0 aromatic heterocycles. The number of hydrogen-bond donors (Lipinski definition) is 2. The highest BCUT2D eigenvalue weighted by Crippen LogP contribution is 2.06. The highest BCUT2D eigenvalue weighted by Gasteiger charge is 2.00. The molecular formula is C19H23IN4. The maximum atomic E-state index is 8.95. The minimum absolute atomic E-state index is 0. The Morgan fingerprint density at radius 1 is 1.08 bits per heavy atom. The average molecular weight is 434 g/mol. The molecule has 0 saturated carbocycles. The van der Waals surface area contributed by atoms with Crippen molar-refractivity contribution in [3.63, 3.8) is 0 Å². The van der Waals surface area contributed by atoms with E-state index in [1.54, 1.807) is 6.07 Å². The molecule has 0 amide bonds. The number of rotatable bonds is 5. The molecule has 2 N–H and O–H groups in total. The lowest BCUT2D eigenvalue weighted by Gasteiger charge is -2.11. The van der Waals surface area contributed by atoms with E-state index in [-0.39, 0.29) is 24.0 Å². The van der Waals surface area contributed by atoms with Crippen molar-refractivity contribution in [2.45, 2.75) is 26.9 Å². The van der Waals surface area contributed by atoms with Crippen LogP contribution < -0.4 is 10.6 Å². The summed E-state index contributed by atoms with van der Waals surface area (Å²) in [5.74, 6) is 0.774. The summed E-state index contributed by atoms with van der Waals surface area (Å²) in [5.41, 5.74) is 4.16. The van der Waals surface area contributed by atoms with Gasteiger partial charge in [0, 0.05) is 13.1 Å². The standard InChI is InChI=1S/C19H22N4.HI/c1-3-21-19(22-13-17-8-4-6-15(2)10-17)23-14-18-9-5-7-16(11-18)12-20;/h4-11H,3,13-14H2,1-2H3,(H2,21,22,23);1H. The van der Waals surface area contributed by atoms with E-state index < -0.39 is 0 Å². The second-order valence-electron chi connectivity index (χ2n) is 5.35. The molecule has 0 saturated heterocycles. The van der Waals surface area contributed by atoms with Crippen molar-refractivity contribution < 1.29 is 0 Å². The van der Waals surface area contributed by atoms with Crippen molar-refractivity contribution in [2.75, 3.05) is 6.54 Å². The largest absolute Gasteiger partial charge is 0.357 e. The van der Waals surface area contributed by atoms with Gasteiger partial charge in [0.05, 0.1) is 18.2 Å². The smallest absolute Gasteiger partial charge is 0.191 e. The van der Waals surface area contributed by atoms with Gasteiger partial charge in [-0.3, -0.25) is 0 Å². The molecule has 4 nitrogen and oxygen atoms in total. The Labute approximate surface area is 161 Å². The van der Waals surface area contributed by atoms with Gasteiger partial charge in [-0.2, -0.15) is 5.26 Å². The predicted octanol–water partition coefficient (Wildman–Crippen LogP) is 3.74. The monoisotopic (exact) mass is 434 g/mol. The minimum Gasteiger partial charge on any atom is -0.357 e. The molecule has 5 heteroatoms. The Kier molecular flexibility index (Phi) is 8.87. The zero-order valence-electron chi connectivity index (χ0n) is 14.0. The van der Waals surface area contributed by atoms with Gasteiger partial charge in [-0.15, -0.1) is 24.0 Å². The molecule has 0 aliphatic rings. The number of aryl methyl sites for hydroxylation is 1. The molecule has 0 aliphatic heterocycles. The molecule has 0 bridgehead atoms. The first-order chi connectivity index (χ1) is 11.2. The van der Waals surface area contributed by atoms with Crippen LogP contribution >= 0.6 is 24.0 Å². The zero-order valence-corrected chi connectivity index (χ0v) is 16.4. The summed E-state index contributed by atoms with van der Waals surface area (Å²) in [6, 6.07) is 18.1. The molecule has 24 heavy (non-hydrogen) atoms. The summed E-state index contributed by atoms with van der Waals surface area (Å²) in [6.07, 6.45) is 0. The number of guanidine groups is 1. The van der Waals surface area contributed by atoms with Crippen LogP contribution in [0.15, 0.2) is 53.5 Å². The lowest BCUT2D eigenvalue weighted by Crippen LogP contribution is -2.36. The number of hydrogen-bond acceptors (Lipinski definition) is 2. The molecule has 2 aromatic rings. The SMILES string of the molecule is CCNC(=NCc1cccc(C)c1)NCc1cccc(C#N)c1.I. The maximum Gasteiger partial charge on any atom is 0.191 e. The maximum absolute atomic E-state index is 8.95. The predicted molar refractivity (Wildman–Crippen MR) is 109 cm³/mol. The van der Waals surface area contributed by atoms with E-state index >= 15 is 0 Å². The fourth-order valence-electron chi connectivity index (χ4n) is 2.26. The molecule has 2 rings (SSSR count). The number of nitriles is 1. The van der Waals surface area contributed by atoms with E-state index in [1.807, 2.05) is 31.2 Å². The van der Waals surface area contributed by atoms with Crippen LogP contribution in [0.4, 0.5) is 0 Å². The number of benzene rings is 2. The van der Waals surface area contributed by atoms with E-state index in [1.165, 1.54) is 11.1 Å². The van der Waals surface area contributed by atoms with Crippen molar-refractivity contribution in [1.82, 2.24) is 10.6 Å². The van der Waals surface area contributed by atoms with E-state index in [9.17, 15) is 0 Å². The Morgan fingerprint density at radius 2 is 1.83 bits per heavy atom. The third-order valence-electron chi connectivity index (χ3n) is 3.36. The molecule has 0 heterocycles. The first-order valence-corrected chi connectivity index (χ1v) is 7.78. The van der Waals surface area contributed by atoms with E-state index in [4.69, 9.17) is 5.26 Å². The summed E-state index contributed by atoms with van der Waals surface area (Å²) in [5, 5.41) is 15.5. The summed E-state index contributed by atoms with van der Waals surface area (Å²) in [7, 11) is 0. The van der Waals surface area contributed by atoms with Gasteiger partial charge in [-0.1, -0.05) is 42.0 Å². The highest BCUT2D eigenvalue weighted by molar-refractivity contribution is 14.0. The van der Waals surface area contributed by atoms with Gasteiger partial charge in [0.25, 0.3) is 0 Å². The van der Waals surface area contributed by atoms with Crippen LogP contribution in [0.25, 0.3) is 0 Å². The van der Waals surface area contributed by atoms with Crippen molar-refractivity contribution in [1.29, 1.82) is 5.26 Å². The number of nitrogens with one attached hydrogen (secondary N) is 2. The third kappa shape index (κ3) is 6.59. The van der Waals surface area contributed by atoms with E-state index in [0.29, 0.717) is 18.7 Å². The summed E-state index contributed by atoms with van der Waals surface area (Å²) in [6.45, 7) is 6.20. The first-order valence-electron chi connectivity index (χ1n) is 7.78. The van der Waals surface area contributed by atoms with Gasteiger partial charge < -0.3 is 10.6 Å². The quantitative estimate of drug-likeness (QED) is 0.428. The molecular weight excluding hydrogens is 411 g/mol. The fraction of sp³-hybridized carbons (Fsp3) is 0.263. The third-order valence-corrected chi connectivity index (χ3v) is 3.36. The Balaban J connectivity index is 0.00000288. The molecule has 0 unspecified atom stereocenters. The van der Waals surface area contributed by atoms with E-state index in [0.717, 1.165) is 18.1 Å². The Morgan fingerprint density at radius 3 is 2.54 bits per heavy atom. The molecule has 0 radical (unpaired) electrons. The van der Waals surface area contributed by atoms with Gasteiger partial charge in [0.2, 0.25) is 0 Å². The van der Waals surface area contributed by atoms with Crippen LogP contribution in [0.2, 0.25) is 0 Å². The lowest BCUT2D eigenvalue weighted by atomic mass is 10.1. The lowest BCUT2D eigenvalue weighted by molar-refractivity contribution is 0.816. The average Bonchev–Trinajstić information content (AvgIpc) is 2.57. The van der Waals surface area contributed by atoms with Crippen molar-refractivity contribution in [2.24, 2.45) is 4.99 Å². The second kappa shape index (κ2) is 10.7. The van der Waals surface area contributed by atoms with Crippen molar-refractivity contribution in [3.05, 3.63) is 70.8 Å². The summed E-state index contributed by atoms with van der Waals surface area (Å²) >= 11 is 0. The van der Waals surface area contributed by atoms with Crippen molar-refractivity contribution >= 4 is 29.9 Å². The van der Waals surface area contributed by atoms with Crippen molar-refractivity contribution in [3.8, 4) is 6.07 Å². The van der Waals surface area contributed by atoms with Gasteiger partial charge in [0.15, 0.2) is 5.96 Å². The van der Waals surface area contributed by atoms with Crippen LogP contribution in [-0.4, -0.2) is 12.5 Å². The number of halogens is 1. The second-order valence-corrected chi connectivity index (χ2v) is 5.35. The van der Waals surface area contributed by atoms with Crippen LogP contribution in [-0.2, 0) is 13.1 Å². The minimum atomic E-state index is 0. The van der Waals surface area contributed by atoms with Gasteiger partial charge in [-0.25, -0.2) is 4.99 Å². The molecule has 0 spiro atoms. The highest BCUT2D eigenvalue weighted by atomic mass is 127. The molecule has 2 aromatic carbocycles. The molecule has 0 aliphatic carbocycles. The van der Waals surface area contributed by atoms with Crippen LogP contribution in [0.1, 0.15) is 29.2 Å². The Bertz CT molecular complexity index is 719. The number of aliphatic imine (C=N–C) groups is 1. The Hall–Kier alpha value is -2.07. The molecule has 0 atom stereocenters. The van der Waals surface area contributed by atoms with Crippen LogP contribution in [0.5, 0.6) is 0 Å². The summed E-state index contributed by atoms with van der Waals surface area (Å²) < 4.78 is 0. The van der Waals surface area contributed by atoms with Crippen LogP contribution in [0.3, 0.4) is 0 Å². The molecule has 0 fully saturated rings.